The molecule has 30 heavy (non-hydrogen) atoms. The molecule has 1 amide bonds. The second-order valence-electron chi connectivity index (χ2n) is 7.20. The second-order valence-corrected chi connectivity index (χ2v) is 8.21. The van der Waals surface area contributed by atoms with Crippen molar-refractivity contribution < 1.29 is 4.79 Å². The highest BCUT2D eigenvalue weighted by Gasteiger charge is 2.33. The van der Waals surface area contributed by atoms with Gasteiger partial charge in [0.05, 0.1) is 17.1 Å². The summed E-state index contributed by atoms with van der Waals surface area (Å²) in [7, 11) is 4.02. The number of amidine groups is 1. The van der Waals surface area contributed by atoms with Crippen LogP contribution in [0.3, 0.4) is 0 Å². The summed E-state index contributed by atoms with van der Waals surface area (Å²) in [4.78, 5) is 22.5. The number of hydrogen-bond acceptors (Lipinski definition) is 4. The van der Waals surface area contributed by atoms with Crippen LogP contribution in [0, 0.1) is 0 Å². The van der Waals surface area contributed by atoms with Crippen LogP contribution < -0.4 is 4.90 Å². The van der Waals surface area contributed by atoms with E-state index in [0.29, 0.717) is 16.6 Å². The minimum atomic E-state index is -0.0183. The van der Waals surface area contributed by atoms with E-state index >= 15 is 0 Å². The normalized spacial score (nSPS) is 16.5. The lowest BCUT2D eigenvalue weighted by atomic mass is 10.1. The zero-order valence-electron chi connectivity index (χ0n) is 17.0. The maximum Gasteiger partial charge on any atom is 0.267 e. The number of anilines is 1. The van der Waals surface area contributed by atoms with E-state index < -0.39 is 0 Å². The highest BCUT2D eigenvalue weighted by Crippen LogP contribution is 2.35. The Morgan fingerprint density at radius 2 is 1.53 bits per heavy atom. The molecule has 1 aliphatic rings. The lowest BCUT2D eigenvalue weighted by Gasteiger charge is -2.15. The average molecular weight is 414 g/mol. The maximum absolute atomic E-state index is 13.2. The molecule has 3 aromatic carbocycles. The summed E-state index contributed by atoms with van der Waals surface area (Å²) in [5.41, 5.74) is 4.03. The number of rotatable bonds is 5. The van der Waals surface area contributed by atoms with Gasteiger partial charge in [0.15, 0.2) is 5.17 Å². The molecule has 1 aliphatic heterocycles. The first-order chi connectivity index (χ1) is 14.6. The molecule has 0 aromatic heterocycles. The van der Waals surface area contributed by atoms with Gasteiger partial charge in [-0.2, -0.15) is 0 Å². The minimum absolute atomic E-state index is 0.0183. The van der Waals surface area contributed by atoms with Gasteiger partial charge in [0, 0.05) is 19.8 Å². The zero-order valence-corrected chi connectivity index (χ0v) is 17.8. The minimum Gasteiger partial charge on any atom is -0.378 e. The van der Waals surface area contributed by atoms with Crippen LogP contribution in [0.25, 0.3) is 6.08 Å². The lowest BCUT2D eigenvalue weighted by Crippen LogP contribution is -2.28. The molecule has 0 atom stereocenters. The third kappa shape index (κ3) is 4.63. The second kappa shape index (κ2) is 9.01. The summed E-state index contributed by atoms with van der Waals surface area (Å²) in [6, 6.07) is 27.9. The summed E-state index contributed by atoms with van der Waals surface area (Å²) in [6.45, 7) is 0.495. The highest BCUT2D eigenvalue weighted by atomic mass is 32.2. The van der Waals surface area contributed by atoms with Crippen LogP contribution >= 0.6 is 11.8 Å². The fraction of sp³-hybridized carbons (Fsp3) is 0.120. The van der Waals surface area contributed by atoms with Gasteiger partial charge in [-0.1, -0.05) is 60.7 Å². The van der Waals surface area contributed by atoms with Crippen LogP contribution in [-0.4, -0.2) is 30.1 Å². The zero-order chi connectivity index (χ0) is 20.9. The van der Waals surface area contributed by atoms with Gasteiger partial charge in [0.25, 0.3) is 5.91 Å². The Kier molecular flexibility index (Phi) is 6.00. The Morgan fingerprint density at radius 1 is 0.900 bits per heavy atom. The third-order valence-corrected chi connectivity index (χ3v) is 5.77. The maximum atomic E-state index is 13.2. The number of benzene rings is 3. The molecule has 4 nitrogen and oxygen atoms in total. The molecule has 0 bridgehead atoms. The highest BCUT2D eigenvalue weighted by molar-refractivity contribution is 8.18. The molecule has 0 radical (unpaired) electrons. The first kappa shape index (κ1) is 20.0. The van der Waals surface area contributed by atoms with E-state index in [-0.39, 0.29) is 5.91 Å². The quantitative estimate of drug-likeness (QED) is 0.514. The third-order valence-electron chi connectivity index (χ3n) is 4.76. The molecule has 4 rings (SSSR count). The van der Waals surface area contributed by atoms with E-state index in [0.717, 1.165) is 22.5 Å². The van der Waals surface area contributed by atoms with Crippen LogP contribution in [0.2, 0.25) is 0 Å². The van der Waals surface area contributed by atoms with Gasteiger partial charge < -0.3 is 4.90 Å². The van der Waals surface area contributed by atoms with E-state index in [2.05, 4.69) is 17.0 Å². The van der Waals surface area contributed by atoms with Crippen molar-refractivity contribution in [3.8, 4) is 0 Å². The van der Waals surface area contributed by atoms with Gasteiger partial charge in [-0.05, 0) is 53.2 Å². The van der Waals surface area contributed by atoms with E-state index in [1.165, 1.54) is 11.8 Å². The molecular formula is C25H23N3OS. The Labute approximate surface area is 181 Å². The van der Waals surface area contributed by atoms with Crippen LogP contribution in [0.5, 0.6) is 0 Å². The van der Waals surface area contributed by atoms with Crippen molar-refractivity contribution in [2.75, 3.05) is 19.0 Å². The van der Waals surface area contributed by atoms with Crippen molar-refractivity contribution in [2.24, 2.45) is 4.99 Å². The number of hydrogen-bond donors (Lipinski definition) is 0. The molecule has 1 saturated heterocycles. The fourth-order valence-electron chi connectivity index (χ4n) is 3.13. The molecule has 0 unspecified atom stereocenters. The predicted molar refractivity (Wildman–Crippen MR) is 127 cm³/mol. The van der Waals surface area contributed by atoms with Gasteiger partial charge in [-0.3, -0.25) is 9.69 Å². The number of nitrogens with zero attached hydrogens (tertiary/aromatic N) is 3. The van der Waals surface area contributed by atoms with Gasteiger partial charge in [-0.15, -0.1) is 0 Å². The van der Waals surface area contributed by atoms with E-state index in [4.69, 9.17) is 4.99 Å². The molecule has 3 aromatic rings. The molecular weight excluding hydrogens is 390 g/mol. The van der Waals surface area contributed by atoms with Gasteiger partial charge in [-0.25, -0.2) is 4.99 Å². The fourth-order valence-corrected chi connectivity index (χ4v) is 4.13. The van der Waals surface area contributed by atoms with Crippen LogP contribution in [0.4, 0.5) is 11.4 Å². The van der Waals surface area contributed by atoms with E-state index in [1.807, 2.05) is 93.0 Å². The first-order valence-corrected chi connectivity index (χ1v) is 10.6. The van der Waals surface area contributed by atoms with Gasteiger partial charge >= 0.3 is 0 Å². The summed E-state index contributed by atoms with van der Waals surface area (Å²) in [5.74, 6) is -0.0183. The molecule has 150 valence electrons. The number of thioether (sulfide) groups is 1. The number of carbonyl (C=O) groups excluding carboxylic acids is 1. The molecule has 0 N–H and O–H groups in total. The van der Waals surface area contributed by atoms with Crippen LogP contribution in [0.15, 0.2) is 94.8 Å². The van der Waals surface area contributed by atoms with E-state index in [1.54, 1.807) is 4.90 Å². The standard InChI is InChI=1S/C25H23N3OS/c1-27(2)22-15-13-19(14-16-22)17-23-24(29)28(18-20-9-5-3-6-10-20)25(30-23)26-21-11-7-4-8-12-21/h3-17H,18H2,1-2H3/b23-17-,26-25?. The van der Waals surface area contributed by atoms with Crippen molar-refractivity contribution >= 4 is 40.3 Å². The SMILES string of the molecule is CN(C)c1ccc(/C=C2\SC(=Nc3ccccc3)N(Cc3ccccc3)C2=O)cc1. The number of carbonyl (C=O) groups is 1. The lowest BCUT2D eigenvalue weighted by molar-refractivity contribution is -0.122. The Bertz CT molecular complexity index is 1070. The van der Waals surface area contributed by atoms with E-state index in [9.17, 15) is 4.79 Å². The molecule has 0 aliphatic carbocycles. The smallest absolute Gasteiger partial charge is 0.267 e. The summed E-state index contributed by atoms with van der Waals surface area (Å²) in [6.07, 6.45) is 1.94. The first-order valence-electron chi connectivity index (χ1n) is 9.76. The number of amides is 1. The Balaban J connectivity index is 1.66. The Morgan fingerprint density at radius 3 is 2.17 bits per heavy atom. The van der Waals surface area contributed by atoms with Crippen molar-refractivity contribution in [3.05, 3.63) is 101 Å². The molecule has 1 fully saturated rings. The molecule has 1 heterocycles. The predicted octanol–water partition coefficient (Wildman–Crippen LogP) is 5.56. The average Bonchev–Trinajstić information content (AvgIpc) is 3.04. The van der Waals surface area contributed by atoms with Crippen molar-refractivity contribution in [1.29, 1.82) is 0 Å². The number of para-hydroxylation sites is 1. The topological polar surface area (TPSA) is 35.9 Å². The van der Waals surface area contributed by atoms with Gasteiger partial charge in [0.2, 0.25) is 0 Å². The van der Waals surface area contributed by atoms with Gasteiger partial charge in [0.1, 0.15) is 0 Å². The molecule has 0 saturated carbocycles. The van der Waals surface area contributed by atoms with Crippen molar-refractivity contribution in [3.63, 3.8) is 0 Å². The summed E-state index contributed by atoms with van der Waals surface area (Å²) >= 11 is 1.42. The number of aliphatic imine (C=N–C) groups is 1. The summed E-state index contributed by atoms with van der Waals surface area (Å²) in [5, 5.41) is 0.700. The summed E-state index contributed by atoms with van der Waals surface area (Å²) < 4.78 is 0. The van der Waals surface area contributed by atoms with Crippen molar-refractivity contribution in [2.45, 2.75) is 6.54 Å². The largest absolute Gasteiger partial charge is 0.378 e. The molecule has 5 heteroatoms. The van der Waals surface area contributed by atoms with Crippen LogP contribution in [0.1, 0.15) is 11.1 Å². The van der Waals surface area contributed by atoms with Crippen LogP contribution in [-0.2, 0) is 11.3 Å². The Hall–Kier alpha value is -3.31. The monoisotopic (exact) mass is 413 g/mol. The molecule has 0 spiro atoms. The van der Waals surface area contributed by atoms with Crippen molar-refractivity contribution in [1.82, 2.24) is 4.90 Å².